The fourth-order valence-corrected chi connectivity index (χ4v) is 2.09. The number of para-hydroxylation sites is 1. The molecule has 1 aromatic heterocycles. The number of benzene rings is 2. The van der Waals surface area contributed by atoms with Crippen LogP contribution in [0.4, 0.5) is 4.39 Å². The maximum absolute atomic E-state index is 13.3. The quantitative estimate of drug-likeness (QED) is 0.801. The molecule has 0 radical (unpaired) electrons. The van der Waals surface area contributed by atoms with Gasteiger partial charge < -0.3 is 5.11 Å². The third kappa shape index (κ3) is 2.53. The van der Waals surface area contributed by atoms with Crippen LogP contribution in [0.25, 0.3) is 16.9 Å². The van der Waals surface area contributed by atoms with Crippen molar-refractivity contribution in [2.24, 2.45) is 0 Å². The van der Waals surface area contributed by atoms with E-state index in [0.717, 1.165) is 5.69 Å². The highest BCUT2D eigenvalue weighted by molar-refractivity contribution is 5.94. The number of aromatic carboxylic acids is 1. The second kappa shape index (κ2) is 5.20. The van der Waals surface area contributed by atoms with Gasteiger partial charge in [0.25, 0.3) is 0 Å². The summed E-state index contributed by atoms with van der Waals surface area (Å²) in [6.45, 7) is 0. The molecule has 0 amide bonds. The summed E-state index contributed by atoms with van der Waals surface area (Å²) in [4.78, 5) is 11.4. The van der Waals surface area contributed by atoms with Gasteiger partial charge in [0.2, 0.25) is 0 Å². The van der Waals surface area contributed by atoms with E-state index in [1.54, 1.807) is 6.07 Å². The predicted molar refractivity (Wildman–Crippen MR) is 75.9 cm³/mol. The first-order valence-electron chi connectivity index (χ1n) is 6.29. The van der Waals surface area contributed by atoms with Gasteiger partial charge in [0, 0.05) is 11.8 Å². The lowest BCUT2D eigenvalue weighted by atomic mass is 10.1. The van der Waals surface area contributed by atoms with E-state index in [1.807, 2.05) is 30.3 Å². The molecule has 1 N–H and O–H groups in total. The first-order chi connectivity index (χ1) is 10.1. The van der Waals surface area contributed by atoms with E-state index < -0.39 is 11.8 Å². The van der Waals surface area contributed by atoms with E-state index >= 15 is 0 Å². The Labute approximate surface area is 120 Å². The molecular formula is C16H11FN2O2. The monoisotopic (exact) mass is 282 g/mol. The van der Waals surface area contributed by atoms with Gasteiger partial charge >= 0.3 is 5.97 Å². The molecule has 0 spiro atoms. The second-order valence-corrected chi connectivity index (χ2v) is 4.49. The molecule has 0 atom stereocenters. The van der Waals surface area contributed by atoms with Gasteiger partial charge in [-0.25, -0.2) is 13.9 Å². The first-order valence-corrected chi connectivity index (χ1v) is 6.29. The van der Waals surface area contributed by atoms with Crippen LogP contribution in [-0.2, 0) is 0 Å². The molecule has 2 aromatic carbocycles. The van der Waals surface area contributed by atoms with Gasteiger partial charge in [0.1, 0.15) is 17.1 Å². The Hall–Kier alpha value is -2.95. The number of carbonyl (C=O) groups is 1. The van der Waals surface area contributed by atoms with E-state index in [2.05, 4.69) is 5.10 Å². The zero-order chi connectivity index (χ0) is 14.8. The van der Waals surface area contributed by atoms with Crippen molar-refractivity contribution in [3.8, 4) is 16.9 Å². The van der Waals surface area contributed by atoms with Gasteiger partial charge in [-0.2, -0.15) is 5.10 Å². The minimum atomic E-state index is -1.10. The summed E-state index contributed by atoms with van der Waals surface area (Å²) in [5.74, 6) is -1.53. The third-order valence-electron chi connectivity index (χ3n) is 3.06. The maximum Gasteiger partial charge on any atom is 0.339 e. The summed E-state index contributed by atoms with van der Waals surface area (Å²) in [6, 6.07) is 14.9. The van der Waals surface area contributed by atoms with Crippen LogP contribution in [0.5, 0.6) is 0 Å². The van der Waals surface area contributed by atoms with Gasteiger partial charge in [-0.05, 0) is 24.3 Å². The van der Waals surface area contributed by atoms with Crippen molar-refractivity contribution in [1.82, 2.24) is 9.78 Å². The van der Waals surface area contributed by atoms with Gasteiger partial charge in [0.15, 0.2) is 0 Å². The number of hydrogen-bond donors (Lipinski definition) is 1. The summed E-state index contributed by atoms with van der Waals surface area (Å²) < 4.78 is 14.8. The number of carboxylic acid groups (broad SMARTS) is 1. The van der Waals surface area contributed by atoms with E-state index in [9.17, 15) is 14.3 Å². The van der Waals surface area contributed by atoms with Crippen LogP contribution in [0.2, 0.25) is 0 Å². The highest BCUT2D eigenvalue weighted by Gasteiger charge is 2.18. The Morgan fingerprint density at radius 2 is 1.86 bits per heavy atom. The number of halogens is 1. The molecular weight excluding hydrogens is 271 g/mol. The highest BCUT2D eigenvalue weighted by Crippen LogP contribution is 2.24. The van der Waals surface area contributed by atoms with E-state index in [4.69, 9.17) is 0 Å². The molecule has 4 nitrogen and oxygen atoms in total. The second-order valence-electron chi connectivity index (χ2n) is 4.49. The molecule has 0 bridgehead atoms. The molecule has 0 aliphatic carbocycles. The normalized spacial score (nSPS) is 10.5. The molecule has 0 aliphatic rings. The Bertz CT molecular complexity index is 797. The van der Waals surface area contributed by atoms with E-state index in [0.29, 0.717) is 5.56 Å². The summed E-state index contributed by atoms with van der Waals surface area (Å²) in [6.07, 6.45) is 1.43. The van der Waals surface area contributed by atoms with Crippen LogP contribution in [0.15, 0.2) is 60.8 Å². The van der Waals surface area contributed by atoms with Gasteiger partial charge in [-0.15, -0.1) is 0 Å². The van der Waals surface area contributed by atoms with E-state index in [-0.39, 0.29) is 11.3 Å². The van der Waals surface area contributed by atoms with Gasteiger partial charge in [0.05, 0.1) is 5.69 Å². The van der Waals surface area contributed by atoms with Crippen molar-refractivity contribution >= 4 is 5.97 Å². The van der Waals surface area contributed by atoms with Crippen molar-refractivity contribution in [2.45, 2.75) is 0 Å². The fraction of sp³-hybridized carbons (Fsp3) is 0. The predicted octanol–water partition coefficient (Wildman–Crippen LogP) is 3.38. The van der Waals surface area contributed by atoms with Crippen LogP contribution < -0.4 is 0 Å². The number of nitrogens with zero attached hydrogens (tertiary/aromatic N) is 2. The average Bonchev–Trinajstić information content (AvgIpc) is 2.93. The van der Waals surface area contributed by atoms with Gasteiger partial charge in [-0.3, -0.25) is 0 Å². The zero-order valence-electron chi connectivity index (χ0n) is 10.9. The highest BCUT2D eigenvalue weighted by atomic mass is 19.1. The Kier molecular flexibility index (Phi) is 3.23. The zero-order valence-corrected chi connectivity index (χ0v) is 10.9. The average molecular weight is 282 g/mol. The van der Waals surface area contributed by atoms with Crippen LogP contribution in [0.1, 0.15) is 10.4 Å². The molecule has 104 valence electrons. The number of hydrogen-bond acceptors (Lipinski definition) is 2. The molecule has 3 rings (SSSR count). The number of aromatic nitrogens is 2. The molecule has 0 saturated carbocycles. The van der Waals surface area contributed by atoms with Gasteiger partial charge in [-0.1, -0.05) is 30.3 Å². The third-order valence-corrected chi connectivity index (χ3v) is 3.06. The van der Waals surface area contributed by atoms with Crippen LogP contribution in [0, 0.1) is 5.82 Å². The fourth-order valence-electron chi connectivity index (χ4n) is 2.09. The lowest BCUT2D eigenvalue weighted by molar-refractivity contribution is 0.0697. The van der Waals surface area contributed by atoms with Crippen molar-refractivity contribution in [1.29, 1.82) is 0 Å². The summed E-state index contributed by atoms with van der Waals surface area (Å²) >= 11 is 0. The largest absolute Gasteiger partial charge is 0.478 e. The topological polar surface area (TPSA) is 55.1 Å². The van der Waals surface area contributed by atoms with Crippen LogP contribution in [0.3, 0.4) is 0 Å². The number of rotatable bonds is 3. The molecule has 3 aromatic rings. The lowest BCUT2D eigenvalue weighted by Crippen LogP contribution is -1.96. The molecule has 0 aliphatic heterocycles. The minimum Gasteiger partial charge on any atom is -0.478 e. The number of carboxylic acids is 1. The van der Waals surface area contributed by atoms with Crippen LogP contribution in [-0.4, -0.2) is 20.9 Å². The summed E-state index contributed by atoms with van der Waals surface area (Å²) in [5, 5.41) is 13.6. The molecule has 1 heterocycles. The molecule has 21 heavy (non-hydrogen) atoms. The minimum absolute atomic E-state index is 0.0319. The Balaban J connectivity index is 2.16. The Morgan fingerprint density at radius 3 is 2.52 bits per heavy atom. The molecule has 5 heteroatoms. The first kappa shape index (κ1) is 13.1. The Morgan fingerprint density at radius 1 is 1.10 bits per heavy atom. The van der Waals surface area contributed by atoms with Crippen molar-refractivity contribution < 1.29 is 14.3 Å². The standard InChI is InChI=1S/C16H11FN2O2/c17-12-6-4-5-11(9-12)15-14(16(20)21)10-19(18-15)13-7-2-1-3-8-13/h1-10H,(H,20,21). The van der Waals surface area contributed by atoms with Crippen LogP contribution >= 0.6 is 0 Å². The molecule has 0 unspecified atom stereocenters. The lowest BCUT2D eigenvalue weighted by Gasteiger charge is -2.00. The van der Waals surface area contributed by atoms with Crippen molar-refractivity contribution in [3.63, 3.8) is 0 Å². The molecule has 0 saturated heterocycles. The van der Waals surface area contributed by atoms with Crippen molar-refractivity contribution in [2.75, 3.05) is 0 Å². The maximum atomic E-state index is 13.3. The van der Waals surface area contributed by atoms with Crippen molar-refractivity contribution in [3.05, 3.63) is 72.2 Å². The summed E-state index contributed by atoms with van der Waals surface area (Å²) in [7, 11) is 0. The smallest absolute Gasteiger partial charge is 0.339 e. The molecule has 0 fully saturated rings. The SMILES string of the molecule is O=C(O)c1cn(-c2ccccc2)nc1-c1cccc(F)c1. The summed E-state index contributed by atoms with van der Waals surface area (Å²) in [5.41, 5.74) is 1.44. The van der Waals surface area contributed by atoms with E-state index in [1.165, 1.54) is 29.1 Å².